The number of carboxylic acids is 1. The molecular formula is C16H21NO3. The summed E-state index contributed by atoms with van der Waals surface area (Å²) in [6, 6.07) is 8.53. The first-order valence-corrected chi connectivity index (χ1v) is 7.15. The number of benzene rings is 1. The third kappa shape index (κ3) is 3.00. The van der Waals surface area contributed by atoms with Gasteiger partial charge in [-0.25, -0.2) is 4.79 Å². The Kier molecular flexibility index (Phi) is 4.42. The lowest BCUT2D eigenvalue weighted by atomic mass is 9.66. The number of amides is 1. The van der Waals surface area contributed by atoms with E-state index in [4.69, 9.17) is 0 Å². The first-order chi connectivity index (χ1) is 9.57. The van der Waals surface area contributed by atoms with E-state index in [2.05, 4.69) is 5.32 Å². The Bertz CT molecular complexity index is 474. The molecule has 0 aliphatic heterocycles. The van der Waals surface area contributed by atoms with Crippen LogP contribution in [0.1, 0.15) is 38.2 Å². The van der Waals surface area contributed by atoms with Gasteiger partial charge < -0.3 is 10.4 Å². The van der Waals surface area contributed by atoms with Crippen LogP contribution in [-0.2, 0) is 16.0 Å². The SMILES string of the molecule is CCC1(C(=O)NC(Cc2ccccc2)C(=O)O)CCC1. The Morgan fingerprint density at radius 3 is 2.40 bits per heavy atom. The minimum absolute atomic E-state index is 0.102. The molecule has 0 aromatic heterocycles. The van der Waals surface area contributed by atoms with E-state index >= 15 is 0 Å². The second-order valence-electron chi connectivity index (χ2n) is 5.54. The summed E-state index contributed by atoms with van der Waals surface area (Å²) in [5, 5.41) is 12.0. The van der Waals surface area contributed by atoms with Gasteiger partial charge in [0.2, 0.25) is 5.91 Å². The smallest absolute Gasteiger partial charge is 0.326 e. The van der Waals surface area contributed by atoms with Gasteiger partial charge in [0.05, 0.1) is 0 Å². The zero-order chi connectivity index (χ0) is 14.6. The average molecular weight is 275 g/mol. The normalized spacial score (nSPS) is 17.9. The van der Waals surface area contributed by atoms with E-state index in [9.17, 15) is 14.7 Å². The van der Waals surface area contributed by atoms with Crippen LogP contribution in [0.25, 0.3) is 0 Å². The van der Waals surface area contributed by atoms with Gasteiger partial charge in [0.25, 0.3) is 0 Å². The Morgan fingerprint density at radius 1 is 1.30 bits per heavy atom. The Morgan fingerprint density at radius 2 is 1.95 bits per heavy atom. The van der Waals surface area contributed by atoms with Crippen molar-refractivity contribution in [1.82, 2.24) is 5.32 Å². The Hall–Kier alpha value is -1.84. The third-order valence-corrected chi connectivity index (χ3v) is 4.36. The van der Waals surface area contributed by atoms with Crippen LogP contribution in [-0.4, -0.2) is 23.0 Å². The Labute approximate surface area is 119 Å². The van der Waals surface area contributed by atoms with E-state index in [-0.39, 0.29) is 11.3 Å². The lowest BCUT2D eigenvalue weighted by Crippen LogP contribution is -2.51. The monoisotopic (exact) mass is 275 g/mol. The van der Waals surface area contributed by atoms with Crippen molar-refractivity contribution < 1.29 is 14.7 Å². The van der Waals surface area contributed by atoms with Gasteiger partial charge in [0.15, 0.2) is 0 Å². The summed E-state index contributed by atoms with van der Waals surface area (Å²) < 4.78 is 0. The van der Waals surface area contributed by atoms with Gasteiger partial charge in [-0.05, 0) is 24.8 Å². The van der Waals surface area contributed by atoms with Crippen molar-refractivity contribution in [3.63, 3.8) is 0 Å². The highest BCUT2D eigenvalue weighted by molar-refractivity contribution is 5.88. The molecule has 20 heavy (non-hydrogen) atoms. The molecule has 1 amide bonds. The predicted octanol–water partition coefficient (Wildman–Crippen LogP) is 2.38. The van der Waals surface area contributed by atoms with Crippen molar-refractivity contribution in [1.29, 1.82) is 0 Å². The number of nitrogens with one attached hydrogen (secondary N) is 1. The van der Waals surface area contributed by atoms with Crippen LogP contribution in [0, 0.1) is 5.41 Å². The highest BCUT2D eigenvalue weighted by Gasteiger charge is 2.43. The van der Waals surface area contributed by atoms with Crippen LogP contribution in [0.15, 0.2) is 30.3 Å². The standard InChI is InChI=1S/C16H21NO3/c1-2-16(9-6-10-16)15(20)17-13(14(18)19)11-12-7-4-3-5-8-12/h3-5,7-8,13H,2,6,9-11H2,1H3,(H,17,20)(H,18,19). The number of hydrogen-bond donors (Lipinski definition) is 2. The maximum atomic E-state index is 12.3. The summed E-state index contributed by atoms with van der Waals surface area (Å²) >= 11 is 0. The number of carbonyl (C=O) groups excluding carboxylic acids is 1. The second-order valence-corrected chi connectivity index (χ2v) is 5.54. The molecule has 108 valence electrons. The topological polar surface area (TPSA) is 66.4 Å². The van der Waals surface area contributed by atoms with E-state index in [0.717, 1.165) is 31.2 Å². The minimum atomic E-state index is -0.979. The number of carboxylic acid groups (broad SMARTS) is 1. The molecule has 2 N–H and O–H groups in total. The van der Waals surface area contributed by atoms with E-state index in [1.165, 1.54) is 0 Å². The largest absolute Gasteiger partial charge is 0.480 e. The first kappa shape index (κ1) is 14.6. The van der Waals surface area contributed by atoms with Gasteiger partial charge in [-0.1, -0.05) is 43.7 Å². The molecule has 4 nitrogen and oxygen atoms in total. The summed E-state index contributed by atoms with van der Waals surface area (Å²) in [4.78, 5) is 23.7. The van der Waals surface area contributed by atoms with Crippen LogP contribution >= 0.6 is 0 Å². The summed E-state index contributed by atoms with van der Waals surface area (Å²) in [6.07, 6.45) is 3.88. The first-order valence-electron chi connectivity index (χ1n) is 7.15. The highest BCUT2D eigenvalue weighted by Crippen LogP contribution is 2.44. The van der Waals surface area contributed by atoms with Crippen molar-refractivity contribution in [3.8, 4) is 0 Å². The lowest BCUT2D eigenvalue weighted by Gasteiger charge is -2.40. The van der Waals surface area contributed by atoms with E-state index in [1.54, 1.807) is 0 Å². The van der Waals surface area contributed by atoms with Gasteiger partial charge in [-0.15, -0.1) is 0 Å². The van der Waals surface area contributed by atoms with Crippen molar-refractivity contribution in [2.24, 2.45) is 5.41 Å². The number of hydrogen-bond acceptors (Lipinski definition) is 2. The lowest BCUT2D eigenvalue weighted by molar-refractivity contribution is -0.145. The van der Waals surface area contributed by atoms with Gasteiger partial charge in [0, 0.05) is 11.8 Å². The summed E-state index contributed by atoms with van der Waals surface area (Å²) in [5.74, 6) is -1.08. The average Bonchev–Trinajstić information content (AvgIpc) is 2.38. The molecule has 0 saturated heterocycles. The molecule has 4 heteroatoms. The van der Waals surface area contributed by atoms with Crippen molar-refractivity contribution in [3.05, 3.63) is 35.9 Å². The zero-order valence-electron chi connectivity index (χ0n) is 11.8. The molecule has 0 bridgehead atoms. The second kappa shape index (κ2) is 6.07. The molecule has 1 atom stereocenters. The summed E-state index contributed by atoms with van der Waals surface area (Å²) in [7, 11) is 0. The van der Waals surface area contributed by atoms with Crippen molar-refractivity contribution in [2.45, 2.75) is 45.1 Å². The molecule has 1 fully saturated rings. The van der Waals surface area contributed by atoms with Gasteiger partial charge in [0.1, 0.15) is 6.04 Å². The fraction of sp³-hybridized carbons (Fsp3) is 0.500. The van der Waals surface area contributed by atoms with Crippen LogP contribution in [0.2, 0.25) is 0 Å². The molecule has 1 aromatic carbocycles. The molecular weight excluding hydrogens is 254 g/mol. The zero-order valence-corrected chi connectivity index (χ0v) is 11.8. The third-order valence-electron chi connectivity index (χ3n) is 4.36. The van der Waals surface area contributed by atoms with Gasteiger partial charge in [-0.3, -0.25) is 4.79 Å². The molecule has 1 aliphatic rings. The van der Waals surface area contributed by atoms with Gasteiger partial charge in [-0.2, -0.15) is 0 Å². The minimum Gasteiger partial charge on any atom is -0.480 e. The fourth-order valence-electron chi connectivity index (χ4n) is 2.71. The fourth-order valence-corrected chi connectivity index (χ4v) is 2.71. The maximum absolute atomic E-state index is 12.3. The van der Waals surface area contributed by atoms with Crippen molar-refractivity contribution >= 4 is 11.9 Å². The molecule has 1 saturated carbocycles. The van der Waals surface area contributed by atoms with Gasteiger partial charge >= 0.3 is 5.97 Å². The van der Waals surface area contributed by atoms with E-state index < -0.39 is 12.0 Å². The number of aliphatic carboxylic acids is 1. The molecule has 0 spiro atoms. The quantitative estimate of drug-likeness (QED) is 0.837. The molecule has 1 aliphatic carbocycles. The van der Waals surface area contributed by atoms with Crippen LogP contribution in [0.3, 0.4) is 0 Å². The molecule has 0 radical (unpaired) electrons. The van der Waals surface area contributed by atoms with Crippen LogP contribution in [0.4, 0.5) is 0 Å². The van der Waals surface area contributed by atoms with E-state index in [0.29, 0.717) is 6.42 Å². The highest BCUT2D eigenvalue weighted by atomic mass is 16.4. The molecule has 0 heterocycles. The van der Waals surface area contributed by atoms with Crippen molar-refractivity contribution in [2.75, 3.05) is 0 Å². The van der Waals surface area contributed by atoms with Crippen LogP contribution < -0.4 is 5.32 Å². The number of rotatable bonds is 6. The molecule has 2 rings (SSSR count). The van der Waals surface area contributed by atoms with E-state index in [1.807, 2.05) is 37.3 Å². The molecule has 1 unspecified atom stereocenters. The van der Waals surface area contributed by atoms with Crippen LogP contribution in [0.5, 0.6) is 0 Å². The molecule has 1 aromatic rings. The maximum Gasteiger partial charge on any atom is 0.326 e. The number of carbonyl (C=O) groups is 2. The summed E-state index contributed by atoms with van der Waals surface area (Å²) in [6.45, 7) is 1.99. The predicted molar refractivity (Wildman–Crippen MR) is 76.3 cm³/mol. The Balaban J connectivity index is 2.03. The summed E-state index contributed by atoms with van der Waals surface area (Å²) in [5.41, 5.74) is 0.587.